The number of fused-ring (bicyclic) bond motifs is 1. The Hall–Kier alpha value is -3.97. The molecule has 36 heavy (non-hydrogen) atoms. The van der Waals surface area contributed by atoms with E-state index in [0.717, 1.165) is 22.8 Å². The Balaban J connectivity index is 1.41. The molecule has 1 saturated heterocycles. The molecule has 0 radical (unpaired) electrons. The molecule has 0 saturated carbocycles. The summed E-state index contributed by atoms with van der Waals surface area (Å²) in [6, 6.07) is 6.87. The molecule has 1 fully saturated rings. The predicted molar refractivity (Wildman–Crippen MR) is 134 cm³/mol. The van der Waals surface area contributed by atoms with Crippen LogP contribution in [0.1, 0.15) is 23.3 Å². The third kappa shape index (κ3) is 5.16. The second-order valence-electron chi connectivity index (χ2n) is 8.75. The molecule has 1 aliphatic rings. The lowest BCUT2D eigenvalue weighted by atomic mass is 10.1. The molecule has 1 aliphatic heterocycles. The predicted octanol–water partition coefficient (Wildman–Crippen LogP) is 2.21. The number of aromatic nitrogens is 4. The minimum Gasteiger partial charge on any atom is -0.444 e. The van der Waals surface area contributed by atoms with Crippen molar-refractivity contribution in [2.45, 2.75) is 18.9 Å². The molecule has 0 unspecified atom stereocenters. The minimum absolute atomic E-state index is 0.0609. The van der Waals surface area contributed by atoms with Crippen LogP contribution >= 0.6 is 0 Å². The number of aryl methyl sites for hydroxylation is 1. The van der Waals surface area contributed by atoms with E-state index in [2.05, 4.69) is 30.0 Å². The van der Waals surface area contributed by atoms with Crippen LogP contribution in [0.25, 0.3) is 22.4 Å². The summed E-state index contributed by atoms with van der Waals surface area (Å²) in [6.07, 6.45) is 6.51. The molecular weight excluding hydrogens is 486 g/mol. The summed E-state index contributed by atoms with van der Waals surface area (Å²) in [4.78, 5) is 23.5. The molecule has 4 heterocycles. The second kappa shape index (κ2) is 9.24. The molecular formula is C23H25N7O5S. The van der Waals surface area contributed by atoms with Crippen LogP contribution in [0.15, 0.2) is 47.3 Å². The number of aliphatic hydroxyl groups is 1. The first-order valence-corrected chi connectivity index (χ1v) is 13.2. The van der Waals surface area contributed by atoms with Crippen LogP contribution in [0.2, 0.25) is 0 Å². The van der Waals surface area contributed by atoms with E-state index in [0.29, 0.717) is 37.2 Å². The summed E-state index contributed by atoms with van der Waals surface area (Å²) in [5, 5.41) is 18.2. The standard InChI is InChI=1S/C23H25N7O5S/c1-29-12-15-9-18(20(11-17(15)27-29)30-7-4-16(31)5-8-30)25-22(32)19-13-35-23(26-19)14-3-6-24-21(10-14)28-36(2,33)34/h3,6,9-13,16,31H,4-5,7-8H2,1-2H3,(H,24,28)(H,25,32). The average Bonchev–Trinajstić information content (AvgIpc) is 3.44. The lowest BCUT2D eigenvalue weighted by Gasteiger charge is -2.32. The molecule has 3 N–H and O–H groups in total. The molecule has 1 amide bonds. The summed E-state index contributed by atoms with van der Waals surface area (Å²) < 4.78 is 32.5. The number of rotatable bonds is 6. The van der Waals surface area contributed by atoms with Gasteiger partial charge in [-0.3, -0.25) is 14.2 Å². The smallest absolute Gasteiger partial charge is 0.277 e. The lowest BCUT2D eigenvalue weighted by molar-refractivity contribution is 0.102. The van der Waals surface area contributed by atoms with Gasteiger partial charge >= 0.3 is 0 Å². The third-order valence-corrected chi connectivity index (χ3v) is 6.40. The number of aliphatic hydroxyl groups excluding tert-OH is 1. The molecule has 5 rings (SSSR count). The van der Waals surface area contributed by atoms with Gasteiger partial charge in [0.1, 0.15) is 12.1 Å². The summed E-state index contributed by atoms with van der Waals surface area (Å²) >= 11 is 0. The maximum absolute atomic E-state index is 13.1. The SMILES string of the molecule is Cn1cc2cc(NC(=O)c3coc(-c4ccnc(NS(C)(=O)=O)c4)n3)c(N3CCC(O)CC3)cc2n1. The van der Waals surface area contributed by atoms with Crippen molar-refractivity contribution in [3.63, 3.8) is 0 Å². The number of benzene rings is 1. The second-order valence-corrected chi connectivity index (χ2v) is 10.5. The monoisotopic (exact) mass is 511 g/mol. The Kier molecular flexibility index (Phi) is 6.10. The zero-order valence-corrected chi connectivity index (χ0v) is 20.5. The number of hydrogen-bond acceptors (Lipinski definition) is 9. The third-order valence-electron chi connectivity index (χ3n) is 5.82. The van der Waals surface area contributed by atoms with E-state index in [1.807, 2.05) is 25.4 Å². The molecule has 0 aliphatic carbocycles. The van der Waals surface area contributed by atoms with E-state index in [-0.39, 0.29) is 23.5 Å². The van der Waals surface area contributed by atoms with Gasteiger partial charge in [-0.1, -0.05) is 0 Å². The largest absolute Gasteiger partial charge is 0.444 e. The molecule has 3 aromatic heterocycles. The molecule has 13 heteroatoms. The Morgan fingerprint density at radius 3 is 2.75 bits per heavy atom. The fourth-order valence-corrected chi connectivity index (χ4v) is 4.65. The highest BCUT2D eigenvalue weighted by molar-refractivity contribution is 7.92. The van der Waals surface area contributed by atoms with Gasteiger partial charge in [0.05, 0.1) is 29.3 Å². The van der Waals surface area contributed by atoms with Crippen molar-refractivity contribution < 1.29 is 22.7 Å². The Morgan fingerprint density at radius 1 is 1.22 bits per heavy atom. The highest BCUT2D eigenvalue weighted by atomic mass is 32.2. The van der Waals surface area contributed by atoms with E-state index in [1.165, 1.54) is 18.5 Å². The number of pyridine rings is 1. The normalized spacial score (nSPS) is 14.8. The number of amides is 1. The van der Waals surface area contributed by atoms with Gasteiger partial charge in [-0.15, -0.1) is 0 Å². The quantitative estimate of drug-likeness (QED) is 0.353. The number of anilines is 3. The van der Waals surface area contributed by atoms with Gasteiger partial charge in [0, 0.05) is 43.5 Å². The zero-order chi connectivity index (χ0) is 25.4. The minimum atomic E-state index is -3.50. The number of hydrogen-bond donors (Lipinski definition) is 3. The molecule has 188 valence electrons. The molecule has 0 spiro atoms. The number of piperidine rings is 1. The van der Waals surface area contributed by atoms with Gasteiger partial charge < -0.3 is 19.7 Å². The summed E-state index contributed by atoms with van der Waals surface area (Å²) in [6.45, 7) is 1.31. The first kappa shape index (κ1) is 23.8. The van der Waals surface area contributed by atoms with E-state index in [4.69, 9.17) is 4.42 Å². The van der Waals surface area contributed by atoms with Crippen LogP contribution < -0.4 is 14.9 Å². The summed E-state index contributed by atoms with van der Waals surface area (Å²) in [5.41, 5.74) is 2.74. The average molecular weight is 512 g/mol. The van der Waals surface area contributed by atoms with Crippen molar-refractivity contribution in [3.8, 4) is 11.5 Å². The number of oxazole rings is 1. The van der Waals surface area contributed by atoms with Crippen LogP contribution in [0.5, 0.6) is 0 Å². The fourth-order valence-electron chi connectivity index (χ4n) is 4.16. The van der Waals surface area contributed by atoms with Crippen LogP contribution in [-0.4, -0.2) is 64.6 Å². The number of sulfonamides is 1. The zero-order valence-electron chi connectivity index (χ0n) is 19.7. The number of nitrogens with one attached hydrogen (secondary N) is 2. The Morgan fingerprint density at radius 2 is 2.00 bits per heavy atom. The number of nitrogens with zero attached hydrogens (tertiary/aromatic N) is 5. The van der Waals surface area contributed by atoms with Gasteiger partial charge in [-0.2, -0.15) is 5.10 Å². The number of carbonyl (C=O) groups excluding carboxylic acids is 1. The van der Waals surface area contributed by atoms with E-state index >= 15 is 0 Å². The molecule has 4 aromatic rings. The van der Waals surface area contributed by atoms with Crippen LogP contribution in [0.4, 0.5) is 17.2 Å². The maximum Gasteiger partial charge on any atom is 0.277 e. The van der Waals surface area contributed by atoms with E-state index in [1.54, 1.807) is 10.7 Å². The van der Waals surface area contributed by atoms with Crippen LogP contribution in [0.3, 0.4) is 0 Å². The van der Waals surface area contributed by atoms with Gasteiger partial charge in [0.15, 0.2) is 5.69 Å². The summed E-state index contributed by atoms with van der Waals surface area (Å²) in [7, 11) is -1.67. The number of carbonyl (C=O) groups is 1. The highest BCUT2D eigenvalue weighted by Crippen LogP contribution is 2.33. The lowest BCUT2D eigenvalue weighted by Crippen LogP contribution is -2.36. The van der Waals surface area contributed by atoms with Crippen molar-refractivity contribution in [1.29, 1.82) is 0 Å². The molecule has 0 atom stereocenters. The van der Waals surface area contributed by atoms with Gasteiger partial charge in [-0.25, -0.2) is 18.4 Å². The summed E-state index contributed by atoms with van der Waals surface area (Å²) in [5.74, 6) is -0.206. The maximum atomic E-state index is 13.1. The van der Waals surface area contributed by atoms with Crippen LogP contribution in [0, 0.1) is 0 Å². The molecule has 1 aromatic carbocycles. The molecule has 0 bridgehead atoms. The van der Waals surface area contributed by atoms with Crippen molar-refractivity contribution >= 4 is 44.0 Å². The van der Waals surface area contributed by atoms with Crippen molar-refractivity contribution in [2.75, 3.05) is 34.3 Å². The van der Waals surface area contributed by atoms with Gasteiger partial charge in [0.2, 0.25) is 15.9 Å². The Labute approximate surface area is 207 Å². The molecule has 12 nitrogen and oxygen atoms in total. The Bertz CT molecular complexity index is 1540. The van der Waals surface area contributed by atoms with E-state index < -0.39 is 15.9 Å². The van der Waals surface area contributed by atoms with Crippen molar-refractivity contribution in [2.24, 2.45) is 7.05 Å². The van der Waals surface area contributed by atoms with Gasteiger partial charge in [0.25, 0.3) is 5.91 Å². The fraction of sp³-hybridized carbons (Fsp3) is 0.304. The topological polar surface area (TPSA) is 155 Å². The highest BCUT2D eigenvalue weighted by Gasteiger charge is 2.23. The van der Waals surface area contributed by atoms with E-state index in [9.17, 15) is 18.3 Å². The van der Waals surface area contributed by atoms with Crippen molar-refractivity contribution in [3.05, 3.63) is 48.6 Å². The first-order valence-electron chi connectivity index (χ1n) is 11.3. The van der Waals surface area contributed by atoms with Crippen molar-refractivity contribution in [1.82, 2.24) is 19.7 Å². The van der Waals surface area contributed by atoms with Gasteiger partial charge in [-0.05, 0) is 37.1 Å². The first-order chi connectivity index (χ1) is 17.1. The van der Waals surface area contributed by atoms with Crippen LogP contribution in [-0.2, 0) is 17.1 Å².